The van der Waals surface area contributed by atoms with Gasteiger partial charge in [0.1, 0.15) is 40.4 Å². The molecule has 0 bridgehead atoms. The molecule has 204 valence electrons. The van der Waals surface area contributed by atoms with Crippen molar-refractivity contribution in [2.75, 3.05) is 0 Å². The lowest BCUT2D eigenvalue weighted by Gasteiger charge is -2.20. The van der Waals surface area contributed by atoms with E-state index in [1.165, 1.54) is 13.0 Å². The highest BCUT2D eigenvalue weighted by atomic mass is 35.5. The molecule has 0 atom stereocenters. The molecule has 39 heavy (non-hydrogen) atoms. The zero-order chi connectivity index (χ0) is 28.9. The van der Waals surface area contributed by atoms with Gasteiger partial charge in [0, 0.05) is 17.2 Å². The molecule has 4 aromatic rings. The van der Waals surface area contributed by atoms with Crippen LogP contribution in [0.25, 0.3) is 22.3 Å². The van der Waals surface area contributed by atoms with Crippen molar-refractivity contribution in [2.45, 2.75) is 19.2 Å². The summed E-state index contributed by atoms with van der Waals surface area (Å²) in [4.78, 5) is 0. The predicted molar refractivity (Wildman–Crippen MR) is 123 cm³/mol. The average Bonchev–Trinajstić information content (AvgIpc) is 2.76. The Balaban J connectivity index is 1.64. The molecule has 0 aliphatic carbocycles. The molecular weight excluding hydrogens is 566 g/mol. The molecule has 0 aromatic heterocycles. The third-order valence-electron chi connectivity index (χ3n) is 5.58. The number of rotatable bonds is 5. The zero-order valence-corrected chi connectivity index (χ0v) is 20.1. The van der Waals surface area contributed by atoms with Gasteiger partial charge < -0.3 is 4.74 Å². The smallest absolute Gasteiger partial charge is 0.429 e. The van der Waals surface area contributed by atoms with Crippen molar-refractivity contribution in [1.29, 1.82) is 0 Å². The highest BCUT2D eigenvalue weighted by Gasteiger charge is 2.41. The van der Waals surface area contributed by atoms with Crippen molar-refractivity contribution in [3.63, 3.8) is 0 Å². The second kappa shape index (κ2) is 10.1. The lowest BCUT2D eigenvalue weighted by Crippen LogP contribution is -2.25. The lowest BCUT2D eigenvalue weighted by atomic mass is 10.0. The minimum Gasteiger partial charge on any atom is -0.429 e. The largest absolute Gasteiger partial charge is 0.432 e. The first-order chi connectivity index (χ1) is 18.1. The number of benzene rings is 4. The number of halogens is 11. The van der Waals surface area contributed by atoms with E-state index in [4.69, 9.17) is 11.6 Å². The van der Waals surface area contributed by atoms with E-state index in [1.54, 1.807) is 0 Å². The van der Waals surface area contributed by atoms with E-state index in [2.05, 4.69) is 4.74 Å². The molecule has 0 aliphatic heterocycles. The van der Waals surface area contributed by atoms with Gasteiger partial charge in [-0.05, 0) is 72.1 Å². The Kier molecular flexibility index (Phi) is 7.33. The van der Waals surface area contributed by atoms with Gasteiger partial charge >= 0.3 is 12.3 Å². The summed E-state index contributed by atoms with van der Waals surface area (Å²) in [5.41, 5.74) is -4.74. The quantitative estimate of drug-likeness (QED) is 0.214. The third-order valence-corrected chi connectivity index (χ3v) is 5.88. The van der Waals surface area contributed by atoms with Gasteiger partial charge in [-0.3, -0.25) is 0 Å². The number of aryl methyl sites for hydroxylation is 1. The van der Waals surface area contributed by atoms with Crippen LogP contribution in [0.3, 0.4) is 0 Å². The summed E-state index contributed by atoms with van der Waals surface area (Å²) in [5.74, 6) is -8.48. The van der Waals surface area contributed by atoms with Gasteiger partial charge in [0.25, 0.3) is 0 Å². The topological polar surface area (TPSA) is 9.23 Å². The maximum absolute atomic E-state index is 14.8. The second-order valence-corrected chi connectivity index (χ2v) is 8.78. The zero-order valence-electron chi connectivity index (χ0n) is 19.3. The summed E-state index contributed by atoms with van der Waals surface area (Å²) < 4.78 is 144. The predicted octanol–water partition coefficient (Wildman–Crippen LogP) is 9.83. The molecule has 0 saturated carbocycles. The van der Waals surface area contributed by atoms with Gasteiger partial charge in [-0.25, -0.2) is 22.0 Å². The van der Waals surface area contributed by atoms with E-state index in [1.807, 2.05) is 0 Å². The van der Waals surface area contributed by atoms with Crippen molar-refractivity contribution >= 4 is 11.6 Å². The average molecular weight is 579 g/mol. The Labute approximate surface area is 219 Å². The standard InChI is InChI=1S/C27H13ClF10O/c1-12-6-18(28)24(21(31)7-12)14-9-22(32)25(23(33)10-14)27(37,38)39-15-3-4-16(19(29)11-15)13-2-5-17(20(30)8-13)26(34,35)36/h2-11H,1H3. The number of alkyl halides is 5. The molecule has 0 heterocycles. The monoisotopic (exact) mass is 578 g/mol. The second-order valence-electron chi connectivity index (χ2n) is 8.37. The highest BCUT2D eigenvalue weighted by Crippen LogP contribution is 2.40. The SMILES string of the molecule is Cc1cc(F)c(-c2cc(F)c(C(F)(F)Oc3ccc(-c4ccc(C(F)(F)F)c(F)c4)c(F)c3)c(F)c2)c(Cl)c1. The van der Waals surface area contributed by atoms with Gasteiger partial charge in [0.15, 0.2) is 0 Å². The van der Waals surface area contributed by atoms with Gasteiger partial charge in [0.05, 0.1) is 10.6 Å². The fourth-order valence-corrected chi connectivity index (χ4v) is 4.25. The van der Waals surface area contributed by atoms with Gasteiger partial charge in [-0.1, -0.05) is 17.7 Å². The highest BCUT2D eigenvalue weighted by molar-refractivity contribution is 6.33. The molecule has 0 fully saturated rings. The normalized spacial score (nSPS) is 12.1. The molecular formula is C27H13ClF10O. The van der Waals surface area contributed by atoms with Crippen molar-refractivity contribution < 1.29 is 48.6 Å². The third kappa shape index (κ3) is 5.68. The van der Waals surface area contributed by atoms with Gasteiger partial charge in [0.2, 0.25) is 0 Å². The van der Waals surface area contributed by atoms with Crippen molar-refractivity contribution in [3.05, 3.63) is 111 Å². The molecule has 4 rings (SSSR count). The fraction of sp³-hybridized carbons (Fsp3) is 0.111. The molecule has 0 saturated heterocycles. The minimum atomic E-state index is -4.99. The molecule has 0 N–H and O–H groups in total. The first-order valence-electron chi connectivity index (χ1n) is 10.8. The van der Waals surface area contributed by atoms with Crippen LogP contribution in [0.4, 0.5) is 43.9 Å². The number of hydrogen-bond acceptors (Lipinski definition) is 1. The van der Waals surface area contributed by atoms with Crippen LogP contribution < -0.4 is 4.74 Å². The summed E-state index contributed by atoms with van der Waals surface area (Å²) in [6, 6.07) is 6.68. The Morgan fingerprint density at radius 2 is 1.26 bits per heavy atom. The Morgan fingerprint density at radius 3 is 1.79 bits per heavy atom. The lowest BCUT2D eigenvalue weighted by molar-refractivity contribution is -0.189. The van der Waals surface area contributed by atoms with Crippen LogP contribution in [-0.2, 0) is 12.3 Å². The maximum atomic E-state index is 14.8. The van der Waals surface area contributed by atoms with Crippen LogP contribution in [0.2, 0.25) is 5.02 Å². The van der Waals surface area contributed by atoms with Gasteiger partial charge in [-0.2, -0.15) is 22.0 Å². The van der Waals surface area contributed by atoms with E-state index in [0.29, 0.717) is 35.9 Å². The van der Waals surface area contributed by atoms with Gasteiger partial charge in [-0.15, -0.1) is 0 Å². The van der Waals surface area contributed by atoms with E-state index >= 15 is 0 Å². The number of hydrogen-bond donors (Lipinski definition) is 0. The minimum absolute atomic E-state index is 0.217. The summed E-state index contributed by atoms with van der Waals surface area (Å²) >= 11 is 5.96. The van der Waals surface area contributed by atoms with Crippen LogP contribution in [0.5, 0.6) is 5.75 Å². The molecule has 1 nitrogen and oxygen atoms in total. The van der Waals surface area contributed by atoms with Crippen LogP contribution in [0.1, 0.15) is 16.7 Å². The van der Waals surface area contributed by atoms with Crippen LogP contribution >= 0.6 is 11.6 Å². The van der Waals surface area contributed by atoms with E-state index < -0.39 is 74.9 Å². The molecule has 0 unspecified atom stereocenters. The first-order valence-corrected chi connectivity index (χ1v) is 11.2. The van der Waals surface area contributed by atoms with Crippen molar-refractivity contribution in [2.24, 2.45) is 0 Å². The Hall–Kier alpha value is -3.73. The van der Waals surface area contributed by atoms with E-state index in [9.17, 15) is 43.9 Å². The van der Waals surface area contributed by atoms with Crippen molar-refractivity contribution in [3.8, 4) is 28.0 Å². The molecule has 0 amide bonds. The molecule has 0 radical (unpaired) electrons. The Morgan fingerprint density at radius 1 is 0.641 bits per heavy atom. The maximum Gasteiger partial charge on any atom is 0.432 e. The van der Waals surface area contributed by atoms with Crippen LogP contribution in [-0.4, -0.2) is 0 Å². The van der Waals surface area contributed by atoms with Crippen LogP contribution in [0.15, 0.2) is 60.7 Å². The van der Waals surface area contributed by atoms with Crippen LogP contribution in [0, 0.1) is 36.0 Å². The molecule has 12 heteroatoms. The first kappa shape index (κ1) is 28.3. The summed E-state index contributed by atoms with van der Waals surface area (Å²) in [7, 11) is 0. The summed E-state index contributed by atoms with van der Waals surface area (Å²) in [5, 5.41) is -0.217. The summed E-state index contributed by atoms with van der Waals surface area (Å²) in [6.07, 6.45) is -9.69. The van der Waals surface area contributed by atoms with E-state index in [0.717, 1.165) is 24.3 Å². The molecule has 0 spiro atoms. The molecule has 4 aromatic carbocycles. The number of ether oxygens (including phenoxy) is 1. The Bertz CT molecular complexity index is 1530. The molecule has 0 aliphatic rings. The fourth-order valence-electron chi connectivity index (χ4n) is 3.88. The van der Waals surface area contributed by atoms with Crippen molar-refractivity contribution in [1.82, 2.24) is 0 Å². The van der Waals surface area contributed by atoms with E-state index in [-0.39, 0.29) is 10.6 Å². The summed E-state index contributed by atoms with van der Waals surface area (Å²) in [6.45, 7) is 1.51.